The minimum atomic E-state index is -0.254. The standard InChI is InChI=1S/C25H29N5O2/c1-18-7-11-26-24(28-18)29-13-9-25(10-14-29)8-4-12-30(23(25)31)17-20-5-3-6-21(15-20)22-27-16-19(2)32-22/h3,5-7,11,15-16H,4,8-10,12-14,17H2,1-2H3. The van der Waals surface area contributed by atoms with Crippen molar-refractivity contribution in [1.82, 2.24) is 19.9 Å². The zero-order chi connectivity index (χ0) is 22.1. The van der Waals surface area contributed by atoms with Crippen LogP contribution < -0.4 is 4.90 Å². The number of oxazole rings is 1. The number of benzene rings is 1. The second kappa shape index (κ2) is 8.37. The number of likely N-dealkylation sites (tertiary alicyclic amines) is 1. The van der Waals surface area contributed by atoms with Gasteiger partial charge in [-0.05, 0) is 63.3 Å². The molecule has 7 nitrogen and oxygen atoms in total. The summed E-state index contributed by atoms with van der Waals surface area (Å²) in [6.45, 7) is 6.95. The van der Waals surface area contributed by atoms with Gasteiger partial charge in [0.25, 0.3) is 0 Å². The summed E-state index contributed by atoms with van der Waals surface area (Å²) in [7, 11) is 0. The van der Waals surface area contributed by atoms with Crippen molar-refractivity contribution >= 4 is 11.9 Å². The minimum absolute atomic E-state index is 0.254. The highest BCUT2D eigenvalue weighted by atomic mass is 16.4. The molecule has 2 saturated heterocycles. The summed E-state index contributed by atoms with van der Waals surface area (Å²) in [5, 5.41) is 0. The van der Waals surface area contributed by atoms with Crippen molar-refractivity contribution in [3.05, 3.63) is 59.7 Å². The lowest BCUT2D eigenvalue weighted by Crippen LogP contribution is -2.53. The zero-order valence-corrected chi connectivity index (χ0v) is 18.8. The Balaban J connectivity index is 1.28. The summed E-state index contributed by atoms with van der Waals surface area (Å²) in [6.07, 6.45) is 7.27. The van der Waals surface area contributed by atoms with E-state index in [1.807, 2.05) is 43.1 Å². The number of piperidine rings is 2. The molecule has 1 aromatic carbocycles. The third-order valence-electron chi connectivity index (χ3n) is 6.78. The lowest BCUT2D eigenvalue weighted by atomic mass is 9.71. The van der Waals surface area contributed by atoms with E-state index >= 15 is 0 Å². The number of aryl methyl sites for hydroxylation is 2. The van der Waals surface area contributed by atoms with E-state index in [0.717, 1.165) is 73.8 Å². The first-order chi connectivity index (χ1) is 15.5. The van der Waals surface area contributed by atoms with Crippen LogP contribution in [0.25, 0.3) is 11.5 Å². The Kier molecular flexibility index (Phi) is 5.41. The second-order valence-corrected chi connectivity index (χ2v) is 9.07. The molecule has 0 bridgehead atoms. The molecule has 5 rings (SSSR count). The molecular weight excluding hydrogens is 402 g/mol. The predicted molar refractivity (Wildman–Crippen MR) is 122 cm³/mol. The molecule has 2 aliphatic rings. The summed E-state index contributed by atoms with van der Waals surface area (Å²) in [4.78, 5) is 31.2. The number of aromatic nitrogens is 3. The van der Waals surface area contributed by atoms with E-state index in [-0.39, 0.29) is 5.41 Å². The number of amides is 1. The highest BCUT2D eigenvalue weighted by Crippen LogP contribution is 2.42. The van der Waals surface area contributed by atoms with E-state index in [1.165, 1.54) is 0 Å². The average Bonchev–Trinajstić information content (AvgIpc) is 3.24. The van der Waals surface area contributed by atoms with Gasteiger partial charge in [0.1, 0.15) is 5.76 Å². The molecule has 4 heterocycles. The van der Waals surface area contributed by atoms with Crippen molar-refractivity contribution in [1.29, 1.82) is 0 Å². The van der Waals surface area contributed by atoms with Crippen molar-refractivity contribution in [2.45, 2.75) is 46.1 Å². The van der Waals surface area contributed by atoms with Gasteiger partial charge >= 0.3 is 0 Å². The normalized spacial score (nSPS) is 18.4. The Morgan fingerprint density at radius 1 is 1.06 bits per heavy atom. The number of carbonyl (C=O) groups is 1. The topological polar surface area (TPSA) is 75.4 Å². The van der Waals surface area contributed by atoms with Gasteiger partial charge < -0.3 is 14.2 Å². The molecule has 3 aromatic rings. The van der Waals surface area contributed by atoms with Crippen LogP contribution >= 0.6 is 0 Å². The maximum atomic E-state index is 13.6. The van der Waals surface area contributed by atoms with Gasteiger partial charge in [-0.2, -0.15) is 0 Å². The van der Waals surface area contributed by atoms with E-state index < -0.39 is 0 Å². The number of carbonyl (C=O) groups excluding carboxylic acids is 1. The molecule has 7 heteroatoms. The molecule has 2 fully saturated rings. The monoisotopic (exact) mass is 431 g/mol. The third-order valence-corrected chi connectivity index (χ3v) is 6.78. The highest BCUT2D eigenvalue weighted by Gasteiger charge is 2.45. The number of nitrogens with zero attached hydrogens (tertiary/aromatic N) is 5. The Morgan fingerprint density at radius 3 is 2.66 bits per heavy atom. The molecule has 0 aliphatic carbocycles. The zero-order valence-electron chi connectivity index (χ0n) is 18.8. The summed E-state index contributed by atoms with van der Waals surface area (Å²) in [6, 6.07) is 10.1. The molecule has 0 N–H and O–H groups in total. The number of hydrogen-bond acceptors (Lipinski definition) is 6. The smallest absolute Gasteiger partial charge is 0.229 e. The molecule has 2 aromatic heterocycles. The first-order valence-corrected chi connectivity index (χ1v) is 11.4. The number of anilines is 1. The molecule has 0 unspecified atom stereocenters. The number of hydrogen-bond donors (Lipinski definition) is 0. The van der Waals surface area contributed by atoms with Crippen LogP contribution in [0.15, 0.2) is 47.1 Å². The van der Waals surface area contributed by atoms with Gasteiger partial charge in [-0.1, -0.05) is 12.1 Å². The molecule has 166 valence electrons. The Bertz CT molecular complexity index is 1120. The van der Waals surface area contributed by atoms with Crippen LogP contribution in [-0.4, -0.2) is 45.4 Å². The van der Waals surface area contributed by atoms with Crippen LogP contribution in [0.5, 0.6) is 0 Å². The van der Waals surface area contributed by atoms with Gasteiger partial charge in [0.2, 0.25) is 17.7 Å². The fourth-order valence-electron chi connectivity index (χ4n) is 5.00. The summed E-state index contributed by atoms with van der Waals surface area (Å²) in [5.74, 6) is 2.49. The minimum Gasteiger partial charge on any atom is -0.441 e. The summed E-state index contributed by atoms with van der Waals surface area (Å²) >= 11 is 0. The van der Waals surface area contributed by atoms with Crippen molar-refractivity contribution in [3.8, 4) is 11.5 Å². The summed E-state index contributed by atoms with van der Waals surface area (Å²) < 4.78 is 5.67. The fourth-order valence-corrected chi connectivity index (χ4v) is 5.00. The van der Waals surface area contributed by atoms with Crippen LogP contribution in [0, 0.1) is 19.3 Å². The van der Waals surface area contributed by atoms with Gasteiger partial charge in [-0.3, -0.25) is 4.79 Å². The van der Waals surface area contributed by atoms with Gasteiger partial charge in [0.05, 0.1) is 11.6 Å². The Labute approximate surface area is 188 Å². The molecule has 1 amide bonds. The van der Waals surface area contributed by atoms with E-state index in [1.54, 1.807) is 6.20 Å². The van der Waals surface area contributed by atoms with Gasteiger partial charge in [-0.15, -0.1) is 0 Å². The summed E-state index contributed by atoms with van der Waals surface area (Å²) in [5.41, 5.74) is 2.77. The van der Waals surface area contributed by atoms with Crippen molar-refractivity contribution < 1.29 is 9.21 Å². The van der Waals surface area contributed by atoms with Crippen LogP contribution in [0.2, 0.25) is 0 Å². The SMILES string of the molecule is Cc1ccnc(N2CCC3(CCCN(Cc4cccc(-c5ncc(C)o5)c4)C3=O)CC2)n1. The molecule has 0 saturated carbocycles. The first-order valence-electron chi connectivity index (χ1n) is 11.4. The molecule has 2 aliphatic heterocycles. The first kappa shape index (κ1) is 20.7. The highest BCUT2D eigenvalue weighted by molar-refractivity contribution is 5.84. The van der Waals surface area contributed by atoms with Crippen molar-refractivity contribution in [2.75, 3.05) is 24.5 Å². The van der Waals surface area contributed by atoms with E-state index in [9.17, 15) is 4.79 Å². The lowest BCUT2D eigenvalue weighted by molar-refractivity contribution is -0.148. The van der Waals surface area contributed by atoms with E-state index in [4.69, 9.17) is 4.42 Å². The fraction of sp³-hybridized carbons (Fsp3) is 0.440. The maximum Gasteiger partial charge on any atom is 0.229 e. The quantitative estimate of drug-likeness (QED) is 0.618. The van der Waals surface area contributed by atoms with Crippen LogP contribution in [-0.2, 0) is 11.3 Å². The number of rotatable bonds is 4. The Morgan fingerprint density at radius 2 is 1.91 bits per heavy atom. The largest absolute Gasteiger partial charge is 0.441 e. The van der Waals surface area contributed by atoms with Crippen molar-refractivity contribution in [3.63, 3.8) is 0 Å². The lowest BCUT2D eigenvalue weighted by Gasteiger charge is -2.46. The predicted octanol–water partition coefficient (Wildman–Crippen LogP) is 4.16. The Hall–Kier alpha value is -3.22. The molecule has 1 spiro atoms. The maximum absolute atomic E-state index is 13.6. The molecule has 0 atom stereocenters. The van der Waals surface area contributed by atoms with Crippen LogP contribution in [0.4, 0.5) is 5.95 Å². The van der Waals surface area contributed by atoms with Gasteiger partial charge in [0.15, 0.2) is 0 Å². The van der Waals surface area contributed by atoms with Crippen LogP contribution in [0.1, 0.15) is 42.7 Å². The van der Waals surface area contributed by atoms with Crippen molar-refractivity contribution in [2.24, 2.45) is 5.41 Å². The third kappa shape index (κ3) is 3.99. The van der Waals surface area contributed by atoms with E-state index in [0.29, 0.717) is 18.3 Å². The second-order valence-electron chi connectivity index (χ2n) is 9.07. The van der Waals surface area contributed by atoms with E-state index in [2.05, 4.69) is 32.0 Å². The van der Waals surface area contributed by atoms with Gasteiger partial charge in [0, 0.05) is 43.6 Å². The van der Waals surface area contributed by atoms with Gasteiger partial charge in [-0.25, -0.2) is 15.0 Å². The molecular formula is C25H29N5O2. The molecule has 32 heavy (non-hydrogen) atoms. The van der Waals surface area contributed by atoms with Crippen LogP contribution in [0.3, 0.4) is 0 Å². The average molecular weight is 432 g/mol. The molecule has 0 radical (unpaired) electrons.